The number of hydroxylamine groups is 2. The lowest BCUT2D eigenvalue weighted by Crippen LogP contribution is -2.26. The Kier molecular flexibility index (Phi) is 11.3. The molecule has 2 aromatic carbocycles. The average molecular weight is 557 g/mol. The molecule has 2 aromatic rings. The molecule has 208 valence electrons. The van der Waals surface area contributed by atoms with Crippen molar-refractivity contribution in [3.63, 3.8) is 0 Å². The van der Waals surface area contributed by atoms with Gasteiger partial charge in [0.05, 0.1) is 12.8 Å². The van der Waals surface area contributed by atoms with Crippen LogP contribution in [0.3, 0.4) is 0 Å². The smallest absolute Gasteiger partial charge is 0.344 e. The highest BCUT2D eigenvalue weighted by Crippen LogP contribution is 2.49. The van der Waals surface area contributed by atoms with Crippen LogP contribution in [0.15, 0.2) is 36.4 Å². The van der Waals surface area contributed by atoms with Crippen LogP contribution in [0, 0.1) is 0 Å². The number of hydrogen-bond acceptors (Lipinski definition) is 13. The Balaban J connectivity index is 2.01. The molecular weight excluding hydrogens is 529 g/mol. The summed E-state index contributed by atoms with van der Waals surface area (Å²) in [5.74, 6) is -5.21. The zero-order valence-corrected chi connectivity index (χ0v) is 21.5. The van der Waals surface area contributed by atoms with Crippen LogP contribution in [-0.4, -0.2) is 76.7 Å². The van der Waals surface area contributed by atoms with E-state index in [0.29, 0.717) is 0 Å². The summed E-state index contributed by atoms with van der Waals surface area (Å²) in [7, 11) is -2.74. The third-order valence-electron chi connectivity index (χ3n) is 4.84. The zero-order chi connectivity index (χ0) is 28.3. The minimum atomic E-state index is -4.15. The number of carbonyl (C=O) groups is 3. The van der Waals surface area contributed by atoms with Crippen LogP contribution in [0.2, 0.25) is 0 Å². The molecular formula is C23H28NO13P. The molecule has 0 atom stereocenters. The molecule has 0 unspecified atom stereocenters. The average Bonchev–Trinajstić information content (AvgIpc) is 2.87. The third-order valence-corrected chi connectivity index (χ3v) is 6.71. The van der Waals surface area contributed by atoms with Crippen molar-refractivity contribution in [2.75, 3.05) is 33.4 Å². The first-order chi connectivity index (χ1) is 18.0. The fourth-order valence-corrected chi connectivity index (χ4v) is 4.19. The van der Waals surface area contributed by atoms with Crippen LogP contribution in [-0.2, 0) is 32.7 Å². The number of phenolic OH excluding ortho intramolecular Hbond substituents is 4. The van der Waals surface area contributed by atoms with Crippen LogP contribution >= 0.6 is 7.60 Å². The molecule has 0 fully saturated rings. The number of rotatable bonds is 14. The first kappa shape index (κ1) is 30.4. The van der Waals surface area contributed by atoms with Gasteiger partial charge in [-0.15, -0.1) is 0 Å². The number of esters is 2. The van der Waals surface area contributed by atoms with Crippen molar-refractivity contribution in [2.45, 2.75) is 19.8 Å². The summed E-state index contributed by atoms with van der Waals surface area (Å²) in [5, 5.41) is 39.6. The number of hydrogen-bond donors (Lipinski definition) is 4. The molecule has 0 heterocycles. The summed E-state index contributed by atoms with van der Waals surface area (Å²) < 4.78 is 33.1. The standard InChI is InChI=1S/C23H28NO13P/c1-3-35-24(2)19(27)11-6-12-38(32,36-13-33-22(30)15-7-4-9-17(25)20(15)28)37-14-34-23(31)16-8-5-10-18(26)21(16)29/h4-5,7-10,25-26,28-29H,3,6,11-14H2,1-2H3. The highest BCUT2D eigenvalue weighted by Gasteiger charge is 2.28. The summed E-state index contributed by atoms with van der Waals surface area (Å²) >= 11 is 0. The van der Waals surface area contributed by atoms with E-state index < -0.39 is 62.0 Å². The van der Waals surface area contributed by atoms with Gasteiger partial charge in [-0.2, -0.15) is 0 Å². The van der Waals surface area contributed by atoms with Gasteiger partial charge in [0.1, 0.15) is 11.1 Å². The number of carbonyl (C=O) groups excluding carboxylic acids is 3. The van der Waals surface area contributed by atoms with Crippen molar-refractivity contribution in [3.8, 4) is 23.0 Å². The Bertz CT molecular complexity index is 1110. The van der Waals surface area contributed by atoms with Crippen molar-refractivity contribution in [1.82, 2.24) is 5.06 Å². The molecule has 0 aliphatic heterocycles. The zero-order valence-electron chi connectivity index (χ0n) is 20.6. The summed E-state index contributed by atoms with van der Waals surface area (Å²) in [6, 6.07) is 7.21. The van der Waals surface area contributed by atoms with E-state index in [1.54, 1.807) is 6.92 Å². The van der Waals surface area contributed by atoms with Crippen LogP contribution in [0.4, 0.5) is 0 Å². The lowest BCUT2D eigenvalue weighted by molar-refractivity contribution is -0.176. The number of phenols is 4. The Morgan fingerprint density at radius 2 is 1.32 bits per heavy atom. The molecule has 0 radical (unpaired) electrons. The number of aromatic hydroxyl groups is 4. The lowest BCUT2D eigenvalue weighted by atomic mass is 10.2. The van der Waals surface area contributed by atoms with E-state index in [4.69, 9.17) is 23.4 Å². The van der Waals surface area contributed by atoms with Gasteiger partial charge in [-0.25, -0.2) is 14.7 Å². The number of benzene rings is 2. The summed E-state index contributed by atoms with van der Waals surface area (Å²) in [5.41, 5.74) is -0.762. The quantitative estimate of drug-likeness (QED) is 0.0870. The Morgan fingerprint density at radius 3 is 1.76 bits per heavy atom. The van der Waals surface area contributed by atoms with Crippen LogP contribution in [0.5, 0.6) is 23.0 Å². The molecule has 14 nitrogen and oxygen atoms in total. The SMILES string of the molecule is CCON(C)C(=O)CCCP(=O)(OCOC(=O)c1cccc(O)c1O)OCOC(=O)c1cccc(O)c1O. The van der Waals surface area contributed by atoms with Gasteiger partial charge in [0.2, 0.25) is 19.5 Å². The second-order valence-corrected chi connectivity index (χ2v) is 9.64. The summed E-state index contributed by atoms with van der Waals surface area (Å²) in [6.45, 7) is 0.112. The van der Waals surface area contributed by atoms with Crippen LogP contribution in [0.1, 0.15) is 40.5 Å². The minimum Gasteiger partial charge on any atom is -0.504 e. The van der Waals surface area contributed by atoms with Crippen LogP contribution < -0.4 is 0 Å². The maximum atomic E-state index is 13.2. The topological polar surface area (TPSA) is 199 Å². The molecule has 0 spiro atoms. The number of para-hydroxylation sites is 2. The lowest BCUT2D eigenvalue weighted by Gasteiger charge is -2.19. The molecule has 0 saturated heterocycles. The van der Waals surface area contributed by atoms with Crippen molar-refractivity contribution >= 4 is 25.4 Å². The molecule has 4 N–H and O–H groups in total. The molecule has 0 aromatic heterocycles. The minimum absolute atomic E-state index is 0.0177. The van der Waals surface area contributed by atoms with E-state index in [-0.39, 0.29) is 36.7 Å². The fourth-order valence-electron chi connectivity index (χ4n) is 2.88. The van der Waals surface area contributed by atoms with E-state index in [9.17, 15) is 39.4 Å². The largest absolute Gasteiger partial charge is 0.504 e. The molecule has 1 amide bonds. The predicted octanol–water partition coefficient (Wildman–Crippen LogP) is 2.85. The van der Waals surface area contributed by atoms with E-state index in [0.717, 1.165) is 17.2 Å². The molecule has 15 heteroatoms. The Morgan fingerprint density at radius 1 is 0.842 bits per heavy atom. The van der Waals surface area contributed by atoms with Gasteiger partial charge in [-0.3, -0.25) is 23.2 Å². The van der Waals surface area contributed by atoms with E-state index in [2.05, 4.69) is 0 Å². The second-order valence-electron chi connectivity index (χ2n) is 7.45. The molecule has 0 bridgehead atoms. The molecule has 2 rings (SSSR count). The van der Waals surface area contributed by atoms with Gasteiger partial charge in [0.15, 0.2) is 23.0 Å². The second kappa shape index (κ2) is 14.2. The Labute approximate surface area is 217 Å². The van der Waals surface area contributed by atoms with Gasteiger partial charge < -0.3 is 29.9 Å². The number of nitrogens with zero attached hydrogens (tertiary/aromatic N) is 1. The molecule has 0 saturated carbocycles. The molecule has 38 heavy (non-hydrogen) atoms. The van der Waals surface area contributed by atoms with Gasteiger partial charge in [0, 0.05) is 13.5 Å². The maximum absolute atomic E-state index is 13.2. The first-order valence-electron chi connectivity index (χ1n) is 11.1. The highest BCUT2D eigenvalue weighted by molar-refractivity contribution is 7.53. The fraction of sp³-hybridized carbons (Fsp3) is 0.348. The van der Waals surface area contributed by atoms with Crippen molar-refractivity contribution in [3.05, 3.63) is 47.5 Å². The highest BCUT2D eigenvalue weighted by atomic mass is 31.2. The van der Waals surface area contributed by atoms with E-state index in [1.165, 1.54) is 31.3 Å². The predicted molar refractivity (Wildman–Crippen MR) is 128 cm³/mol. The van der Waals surface area contributed by atoms with Gasteiger partial charge >= 0.3 is 19.5 Å². The van der Waals surface area contributed by atoms with Crippen molar-refractivity contribution in [1.29, 1.82) is 0 Å². The van der Waals surface area contributed by atoms with Crippen LogP contribution in [0.25, 0.3) is 0 Å². The Hall–Kier alpha value is -3.84. The summed E-state index contributed by atoms with van der Waals surface area (Å²) in [4.78, 5) is 41.5. The first-order valence-corrected chi connectivity index (χ1v) is 12.9. The van der Waals surface area contributed by atoms with E-state index in [1.807, 2.05) is 0 Å². The van der Waals surface area contributed by atoms with Gasteiger partial charge in [-0.05, 0) is 37.6 Å². The number of ether oxygens (including phenoxy) is 2. The number of amides is 1. The van der Waals surface area contributed by atoms with Gasteiger partial charge in [0.25, 0.3) is 0 Å². The maximum Gasteiger partial charge on any atom is 0.344 e. The van der Waals surface area contributed by atoms with Crippen molar-refractivity contribution < 1.29 is 62.7 Å². The monoisotopic (exact) mass is 557 g/mol. The molecule has 0 aliphatic carbocycles. The normalized spacial score (nSPS) is 11.1. The summed E-state index contributed by atoms with van der Waals surface area (Å²) in [6.07, 6.45) is -0.486. The van der Waals surface area contributed by atoms with E-state index >= 15 is 0 Å². The van der Waals surface area contributed by atoms with Crippen molar-refractivity contribution in [2.24, 2.45) is 0 Å². The van der Waals surface area contributed by atoms with Gasteiger partial charge in [-0.1, -0.05) is 12.1 Å². The molecule has 0 aliphatic rings. The third kappa shape index (κ3) is 8.63.